The van der Waals surface area contributed by atoms with Crippen molar-refractivity contribution in [2.24, 2.45) is 0 Å². The minimum Gasteiger partial charge on any atom is -0.273 e. The highest BCUT2D eigenvalue weighted by molar-refractivity contribution is 7.99. The molecule has 0 saturated carbocycles. The molecule has 1 aliphatic heterocycles. The molecule has 1 aromatic carbocycles. The van der Waals surface area contributed by atoms with Crippen LogP contribution >= 0.6 is 11.8 Å². The number of rotatable bonds is 8. The van der Waals surface area contributed by atoms with Gasteiger partial charge in [0.1, 0.15) is 4.90 Å². The molecule has 0 aliphatic carbocycles. The van der Waals surface area contributed by atoms with Crippen molar-refractivity contribution in [3.05, 3.63) is 53.7 Å². The first kappa shape index (κ1) is 20.5. The van der Waals surface area contributed by atoms with E-state index in [0.29, 0.717) is 35.0 Å². The van der Waals surface area contributed by atoms with Gasteiger partial charge in [-0.15, -0.1) is 11.8 Å². The van der Waals surface area contributed by atoms with Crippen LogP contribution in [0, 0.1) is 0 Å². The van der Waals surface area contributed by atoms with Gasteiger partial charge in [-0.2, -0.15) is 4.31 Å². The smallest absolute Gasteiger partial charge is 0.261 e. The van der Waals surface area contributed by atoms with Crippen molar-refractivity contribution >= 4 is 33.6 Å². The summed E-state index contributed by atoms with van der Waals surface area (Å²) in [5.41, 5.74) is 0.864. The average molecular weight is 420 g/mol. The van der Waals surface area contributed by atoms with Gasteiger partial charge in [0.05, 0.1) is 16.2 Å². The molecule has 2 heterocycles. The summed E-state index contributed by atoms with van der Waals surface area (Å²) in [5.74, 6) is -0.0923. The lowest BCUT2D eigenvalue weighted by molar-refractivity contribution is 0.0664. The van der Waals surface area contributed by atoms with Gasteiger partial charge in [-0.3, -0.25) is 14.5 Å². The number of aromatic nitrogens is 1. The molecule has 0 bridgehead atoms. The van der Waals surface area contributed by atoms with E-state index in [1.165, 1.54) is 33.2 Å². The van der Waals surface area contributed by atoms with Crippen LogP contribution in [0.25, 0.3) is 0 Å². The Kier molecular flexibility index (Phi) is 6.17. The number of benzene rings is 1. The number of imide groups is 1. The van der Waals surface area contributed by atoms with Crippen LogP contribution in [0.5, 0.6) is 0 Å². The molecule has 7 nitrogen and oxygen atoms in total. The summed E-state index contributed by atoms with van der Waals surface area (Å²) < 4.78 is 26.3. The Morgan fingerprint density at radius 3 is 2.11 bits per heavy atom. The Hall–Kier alpha value is -2.23. The number of nitrogens with zero attached hydrogens (tertiary/aromatic N) is 3. The second-order valence-electron chi connectivity index (χ2n) is 6.08. The van der Waals surface area contributed by atoms with Crippen molar-refractivity contribution < 1.29 is 18.0 Å². The summed E-state index contributed by atoms with van der Waals surface area (Å²) in [6.45, 7) is 4.64. The van der Waals surface area contributed by atoms with Gasteiger partial charge in [0.15, 0.2) is 0 Å². The Labute approximate surface area is 168 Å². The minimum absolute atomic E-state index is 0.154. The lowest BCUT2D eigenvalue weighted by Crippen LogP contribution is -2.31. The third-order valence-electron chi connectivity index (χ3n) is 4.50. The summed E-state index contributed by atoms with van der Waals surface area (Å²) >= 11 is 1.36. The number of fused-ring (bicyclic) bond motifs is 1. The number of hydrogen-bond donors (Lipinski definition) is 0. The van der Waals surface area contributed by atoms with Gasteiger partial charge in [-0.25, -0.2) is 13.4 Å². The molecule has 28 heavy (non-hydrogen) atoms. The van der Waals surface area contributed by atoms with Crippen LogP contribution in [0.3, 0.4) is 0 Å². The second kappa shape index (κ2) is 8.42. The fourth-order valence-electron chi connectivity index (χ4n) is 3.00. The van der Waals surface area contributed by atoms with E-state index in [0.717, 1.165) is 0 Å². The van der Waals surface area contributed by atoms with Crippen molar-refractivity contribution in [3.8, 4) is 0 Å². The molecule has 0 N–H and O–H groups in total. The second-order valence-corrected chi connectivity index (χ2v) is 9.13. The molecular formula is C19H21N3O4S2. The highest BCUT2D eigenvalue weighted by atomic mass is 32.2. The fraction of sp³-hybridized carbons (Fsp3) is 0.316. The SMILES string of the molecule is CCN(CC)S(=O)(=O)c1ccc(SCCN2C(=O)c3ccccc3C2=O)nc1. The summed E-state index contributed by atoms with van der Waals surface area (Å²) in [4.78, 5) is 30.3. The Bertz CT molecular complexity index is 951. The van der Waals surface area contributed by atoms with Crippen LogP contribution in [0.4, 0.5) is 0 Å². The van der Waals surface area contributed by atoms with E-state index in [1.54, 1.807) is 44.2 Å². The minimum atomic E-state index is -3.53. The molecule has 0 spiro atoms. The van der Waals surface area contributed by atoms with Crippen molar-refractivity contribution in [2.75, 3.05) is 25.4 Å². The fourth-order valence-corrected chi connectivity index (χ4v) is 5.18. The molecule has 2 amide bonds. The summed E-state index contributed by atoms with van der Waals surface area (Å²) in [7, 11) is -3.53. The van der Waals surface area contributed by atoms with Gasteiger partial charge in [-0.1, -0.05) is 26.0 Å². The maximum Gasteiger partial charge on any atom is 0.261 e. The molecule has 148 valence electrons. The van der Waals surface area contributed by atoms with E-state index in [1.807, 2.05) is 0 Å². The van der Waals surface area contributed by atoms with Gasteiger partial charge >= 0.3 is 0 Å². The van der Waals surface area contributed by atoms with Gasteiger partial charge in [0, 0.05) is 31.6 Å². The first-order chi connectivity index (χ1) is 13.4. The first-order valence-corrected chi connectivity index (χ1v) is 11.4. The summed E-state index contributed by atoms with van der Waals surface area (Å²) in [6, 6.07) is 9.95. The van der Waals surface area contributed by atoms with Crippen LogP contribution in [-0.2, 0) is 10.0 Å². The number of pyridine rings is 1. The highest BCUT2D eigenvalue weighted by Gasteiger charge is 2.34. The quantitative estimate of drug-likeness (QED) is 0.483. The van der Waals surface area contributed by atoms with Crippen LogP contribution in [0.15, 0.2) is 52.5 Å². The molecule has 0 fully saturated rings. The van der Waals surface area contributed by atoms with E-state index in [9.17, 15) is 18.0 Å². The van der Waals surface area contributed by atoms with Crippen LogP contribution < -0.4 is 0 Å². The molecule has 1 aromatic heterocycles. The standard InChI is InChI=1S/C19H21N3O4S2/c1-3-21(4-2)28(25,26)14-9-10-17(20-13-14)27-12-11-22-18(23)15-7-5-6-8-16(15)19(22)24/h5-10,13H,3-4,11-12H2,1-2H3. The highest BCUT2D eigenvalue weighted by Crippen LogP contribution is 2.24. The van der Waals surface area contributed by atoms with Crippen LogP contribution in [-0.4, -0.2) is 59.8 Å². The zero-order valence-corrected chi connectivity index (χ0v) is 17.3. The van der Waals surface area contributed by atoms with E-state index in [4.69, 9.17) is 0 Å². The molecule has 0 unspecified atom stereocenters. The summed E-state index contributed by atoms with van der Waals surface area (Å²) in [6.07, 6.45) is 1.35. The molecule has 3 rings (SSSR count). The predicted molar refractivity (Wildman–Crippen MR) is 107 cm³/mol. The zero-order valence-electron chi connectivity index (χ0n) is 15.7. The maximum absolute atomic E-state index is 12.5. The monoisotopic (exact) mass is 419 g/mol. The lowest BCUT2D eigenvalue weighted by atomic mass is 10.1. The van der Waals surface area contributed by atoms with Gasteiger partial charge in [-0.05, 0) is 24.3 Å². The number of sulfonamides is 1. The normalized spacial score (nSPS) is 14.0. The number of amides is 2. The molecule has 0 radical (unpaired) electrons. The van der Waals surface area contributed by atoms with E-state index in [-0.39, 0.29) is 23.3 Å². The molecule has 0 atom stereocenters. The van der Waals surface area contributed by atoms with Gasteiger partial charge < -0.3 is 0 Å². The largest absolute Gasteiger partial charge is 0.273 e. The Morgan fingerprint density at radius 1 is 1.00 bits per heavy atom. The van der Waals surface area contributed by atoms with Gasteiger partial charge in [0.2, 0.25) is 10.0 Å². The average Bonchev–Trinajstić information content (AvgIpc) is 2.94. The number of hydrogen-bond acceptors (Lipinski definition) is 6. The van der Waals surface area contributed by atoms with Crippen molar-refractivity contribution in [3.63, 3.8) is 0 Å². The molecule has 9 heteroatoms. The number of thioether (sulfide) groups is 1. The maximum atomic E-state index is 12.5. The van der Waals surface area contributed by atoms with E-state index >= 15 is 0 Å². The molecule has 0 saturated heterocycles. The van der Waals surface area contributed by atoms with E-state index < -0.39 is 10.0 Å². The number of carbonyl (C=O) groups is 2. The molecule has 1 aliphatic rings. The number of carbonyl (C=O) groups excluding carboxylic acids is 2. The third-order valence-corrected chi connectivity index (χ3v) is 7.45. The van der Waals surface area contributed by atoms with Crippen molar-refractivity contribution in [1.29, 1.82) is 0 Å². The summed E-state index contributed by atoms with van der Waals surface area (Å²) in [5, 5.41) is 0.634. The van der Waals surface area contributed by atoms with E-state index in [2.05, 4.69) is 4.98 Å². The van der Waals surface area contributed by atoms with Crippen molar-refractivity contribution in [1.82, 2.24) is 14.2 Å². The predicted octanol–water partition coefficient (Wildman–Crippen LogP) is 2.50. The van der Waals surface area contributed by atoms with Crippen LogP contribution in [0.1, 0.15) is 34.6 Å². The molecular weight excluding hydrogens is 398 g/mol. The first-order valence-electron chi connectivity index (χ1n) is 8.94. The Morgan fingerprint density at radius 2 is 1.61 bits per heavy atom. The van der Waals surface area contributed by atoms with Gasteiger partial charge in [0.25, 0.3) is 11.8 Å². The third kappa shape index (κ3) is 3.82. The lowest BCUT2D eigenvalue weighted by Gasteiger charge is -2.18. The topological polar surface area (TPSA) is 87.7 Å². The van der Waals surface area contributed by atoms with Crippen molar-refractivity contribution in [2.45, 2.75) is 23.8 Å². The zero-order chi connectivity index (χ0) is 20.3. The molecule has 2 aromatic rings. The Balaban J connectivity index is 1.61. The van der Waals surface area contributed by atoms with Crippen LogP contribution in [0.2, 0.25) is 0 Å².